The van der Waals surface area contributed by atoms with Crippen molar-refractivity contribution in [1.29, 1.82) is 0 Å². The first-order valence-electron chi connectivity index (χ1n) is 2.17. The summed E-state index contributed by atoms with van der Waals surface area (Å²) in [6.45, 7) is -0.523. The van der Waals surface area contributed by atoms with Gasteiger partial charge in [-0.05, 0) is 0 Å². The van der Waals surface area contributed by atoms with E-state index in [1.807, 2.05) is 0 Å². The molecule has 0 aromatic rings. The molecule has 8 heteroatoms. The molecule has 3 N–H and O–H groups in total. The second kappa shape index (κ2) is 3.44. The molecule has 0 aliphatic carbocycles. The van der Waals surface area contributed by atoms with Gasteiger partial charge in [0.25, 0.3) is 5.44 Å². The van der Waals surface area contributed by atoms with Crippen molar-refractivity contribution in [2.45, 2.75) is 5.44 Å². The van der Waals surface area contributed by atoms with Crippen molar-refractivity contribution in [2.24, 2.45) is 11.1 Å². The Balaban J connectivity index is 4.22. The monoisotopic (exact) mass is 170 g/mol. The Hall–Kier alpha value is -0.730. The zero-order chi connectivity index (χ0) is 8.20. The van der Waals surface area contributed by atoms with Crippen LogP contribution in [0.25, 0.3) is 0 Å². The van der Waals surface area contributed by atoms with Crippen LogP contribution in [0, 0.1) is 4.91 Å². The van der Waals surface area contributed by atoms with E-state index in [0.29, 0.717) is 0 Å². The van der Waals surface area contributed by atoms with Crippen LogP contribution in [0.15, 0.2) is 5.34 Å². The van der Waals surface area contributed by atoms with Crippen LogP contribution in [0.4, 0.5) is 0 Å². The van der Waals surface area contributed by atoms with Crippen LogP contribution in [0.5, 0.6) is 0 Å². The standard InChI is InChI=1S/C2H6N2O5S/c3-1-2(9-4-5)10(6,7)8/h2H,1,3H2,(H,6,7,8). The largest absolute Gasteiger partial charge is 0.340 e. The molecule has 60 valence electrons. The van der Waals surface area contributed by atoms with Crippen LogP contribution >= 0.6 is 0 Å². The van der Waals surface area contributed by atoms with E-state index < -0.39 is 22.1 Å². The van der Waals surface area contributed by atoms with Gasteiger partial charge in [0.2, 0.25) is 0 Å². The highest BCUT2D eigenvalue weighted by molar-refractivity contribution is 7.86. The lowest BCUT2D eigenvalue weighted by Crippen LogP contribution is -2.30. The fourth-order valence-corrected chi connectivity index (χ4v) is 0.654. The first-order valence-corrected chi connectivity index (χ1v) is 3.67. The topological polar surface area (TPSA) is 119 Å². The summed E-state index contributed by atoms with van der Waals surface area (Å²) in [7, 11) is -4.42. The Bertz CT molecular complexity index is 198. The van der Waals surface area contributed by atoms with Gasteiger partial charge in [-0.2, -0.15) is 8.42 Å². The first kappa shape index (κ1) is 9.27. The Morgan fingerprint density at radius 1 is 1.70 bits per heavy atom. The minimum Gasteiger partial charge on any atom is -0.340 e. The second-order valence-corrected chi connectivity index (χ2v) is 2.92. The normalized spacial score (nSPS) is 14.2. The summed E-state index contributed by atoms with van der Waals surface area (Å²) in [4.78, 5) is 13.0. The van der Waals surface area contributed by atoms with Gasteiger partial charge in [0.05, 0.1) is 6.54 Å². The average Bonchev–Trinajstić information content (AvgIpc) is 1.80. The number of hydrogen-bond donors (Lipinski definition) is 2. The molecule has 0 aromatic carbocycles. The number of nitrogens with zero attached hydrogens (tertiary/aromatic N) is 1. The van der Waals surface area contributed by atoms with E-state index in [-0.39, 0.29) is 0 Å². The molecule has 1 atom stereocenters. The highest BCUT2D eigenvalue weighted by Gasteiger charge is 2.23. The van der Waals surface area contributed by atoms with Crippen molar-refractivity contribution in [1.82, 2.24) is 0 Å². The minimum atomic E-state index is -4.42. The predicted molar refractivity (Wildman–Crippen MR) is 31.3 cm³/mol. The molecule has 7 nitrogen and oxygen atoms in total. The quantitative estimate of drug-likeness (QED) is 0.312. The van der Waals surface area contributed by atoms with Gasteiger partial charge < -0.3 is 10.6 Å². The van der Waals surface area contributed by atoms with E-state index in [4.69, 9.17) is 10.3 Å². The molecule has 0 rings (SSSR count). The molecule has 0 aromatic heterocycles. The molecule has 0 aliphatic heterocycles. The maximum absolute atomic E-state index is 10.1. The molecule has 0 aliphatic rings. The van der Waals surface area contributed by atoms with Gasteiger partial charge in [-0.15, -0.1) is 4.91 Å². The summed E-state index contributed by atoms with van der Waals surface area (Å²) in [5.41, 5.74) is 3.02. The summed E-state index contributed by atoms with van der Waals surface area (Å²) in [5.74, 6) is 0. The maximum atomic E-state index is 10.1. The fourth-order valence-electron chi connectivity index (χ4n) is 0.267. The molecule has 0 heterocycles. The van der Waals surface area contributed by atoms with Crippen LogP contribution < -0.4 is 5.73 Å². The molecule has 1 unspecified atom stereocenters. The van der Waals surface area contributed by atoms with Crippen LogP contribution in [-0.4, -0.2) is 25.0 Å². The molecule has 10 heavy (non-hydrogen) atoms. The third-order valence-electron chi connectivity index (χ3n) is 0.685. The number of nitrogens with two attached hydrogens (primary N) is 1. The van der Waals surface area contributed by atoms with E-state index in [1.165, 1.54) is 0 Å². The van der Waals surface area contributed by atoms with E-state index in [1.54, 1.807) is 5.34 Å². The molecule has 0 saturated carbocycles. The lowest BCUT2D eigenvalue weighted by Gasteiger charge is -2.04. The van der Waals surface area contributed by atoms with Crippen molar-refractivity contribution in [3.05, 3.63) is 4.91 Å². The molecular formula is C2H6N2O5S. The lowest BCUT2D eigenvalue weighted by molar-refractivity contribution is 0.108. The third kappa shape index (κ3) is 2.71. The summed E-state index contributed by atoms with van der Waals surface area (Å²) >= 11 is 0. The molecular weight excluding hydrogens is 164 g/mol. The fraction of sp³-hybridized carbons (Fsp3) is 1.00. The zero-order valence-electron chi connectivity index (χ0n) is 4.80. The molecule has 0 radical (unpaired) electrons. The third-order valence-corrected chi connectivity index (χ3v) is 1.63. The SMILES string of the molecule is NCC(ON=O)S(=O)(=O)O. The van der Waals surface area contributed by atoms with E-state index in [2.05, 4.69) is 4.84 Å². The molecule has 0 fully saturated rings. The summed E-state index contributed by atoms with van der Waals surface area (Å²) in [5, 5.41) is 1.80. The highest BCUT2D eigenvalue weighted by atomic mass is 32.2. The second-order valence-electron chi connectivity index (χ2n) is 1.36. The van der Waals surface area contributed by atoms with Crippen molar-refractivity contribution >= 4 is 10.1 Å². The zero-order valence-corrected chi connectivity index (χ0v) is 5.61. The summed E-state index contributed by atoms with van der Waals surface area (Å²) in [6, 6.07) is 0. The van der Waals surface area contributed by atoms with Crippen LogP contribution in [0.2, 0.25) is 0 Å². The van der Waals surface area contributed by atoms with E-state index in [0.717, 1.165) is 0 Å². The summed E-state index contributed by atoms with van der Waals surface area (Å²) < 4.78 is 28.4. The summed E-state index contributed by atoms with van der Waals surface area (Å²) in [6.07, 6.45) is 0. The Morgan fingerprint density at radius 2 is 2.20 bits per heavy atom. The van der Waals surface area contributed by atoms with E-state index >= 15 is 0 Å². The van der Waals surface area contributed by atoms with Gasteiger partial charge >= 0.3 is 10.1 Å². The van der Waals surface area contributed by atoms with Crippen molar-refractivity contribution in [3.8, 4) is 0 Å². The maximum Gasteiger partial charge on any atom is 0.307 e. The van der Waals surface area contributed by atoms with Crippen molar-refractivity contribution < 1.29 is 17.8 Å². The molecule has 0 saturated heterocycles. The van der Waals surface area contributed by atoms with Crippen molar-refractivity contribution in [3.63, 3.8) is 0 Å². The van der Waals surface area contributed by atoms with Gasteiger partial charge in [-0.1, -0.05) is 0 Å². The molecule has 0 bridgehead atoms. The number of hydrogen-bond acceptors (Lipinski definition) is 6. The first-order chi connectivity index (χ1) is 4.52. The minimum absolute atomic E-state index is 0.523. The number of rotatable bonds is 4. The molecule has 0 amide bonds. The van der Waals surface area contributed by atoms with E-state index in [9.17, 15) is 13.3 Å². The van der Waals surface area contributed by atoms with Crippen LogP contribution in [-0.2, 0) is 15.0 Å². The van der Waals surface area contributed by atoms with Gasteiger partial charge in [-0.25, -0.2) is 0 Å². The van der Waals surface area contributed by atoms with Crippen molar-refractivity contribution in [2.75, 3.05) is 6.54 Å². The van der Waals surface area contributed by atoms with Gasteiger partial charge in [-0.3, -0.25) is 4.55 Å². The predicted octanol–water partition coefficient (Wildman–Crippen LogP) is -1.14. The Morgan fingerprint density at radius 3 is 2.30 bits per heavy atom. The highest BCUT2D eigenvalue weighted by Crippen LogP contribution is 1.98. The Kier molecular flexibility index (Phi) is 3.19. The lowest BCUT2D eigenvalue weighted by atomic mass is 10.7. The van der Waals surface area contributed by atoms with Crippen LogP contribution in [0.1, 0.15) is 0 Å². The van der Waals surface area contributed by atoms with Crippen LogP contribution in [0.3, 0.4) is 0 Å². The molecule has 0 spiro atoms. The average molecular weight is 170 g/mol. The Labute approximate surface area is 56.8 Å². The van der Waals surface area contributed by atoms with Gasteiger partial charge in [0.1, 0.15) is 0 Å². The smallest absolute Gasteiger partial charge is 0.307 e. The van der Waals surface area contributed by atoms with Gasteiger partial charge in [0, 0.05) is 0 Å². The van der Waals surface area contributed by atoms with Gasteiger partial charge in [0.15, 0.2) is 5.34 Å².